The number of imidazole rings is 1. The Balaban J connectivity index is 1.23. The number of halogens is 1. The van der Waals surface area contributed by atoms with Crippen molar-refractivity contribution in [3.05, 3.63) is 71.6 Å². The highest BCUT2D eigenvalue weighted by atomic mass is 19.1. The molecule has 10 heteroatoms. The van der Waals surface area contributed by atoms with Crippen molar-refractivity contribution >= 4 is 39.6 Å². The standard InChI is InChI=1S/C31H34FN7O2/c1-35(2)17-20-6-9-36(10-7-20)31(41)38-12-11-37-19-24(23-14-22(32)13-21(18-38)30(23)37)28-26(40)16-34-29(28)25-15-33-27-5-3-4-8-39(25)27/h3-5,8,13-15,19-20,34H,6-7,9-12,16-18H2,1-2H3. The van der Waals surface area contributed by atoms with Crippen LogP contribution in [0.4, 0.5) is 9.18 Å². The van der Waals surface area contributed by atoms with Crippen LogP contribution in [0.2, 0.25) is 0 Å². The number of nitrogens with one attached hydrogen (secondary N) is 1. The fraction of sp³-hybridized carbons (Fsp3) is 0.387. The molecule has 0 radical (unpaired) electrons. The first kappa shape index (κ1) is 25.8. The molecule has 7 rings (SSSR count). The van der Waals surface area contributed by atoms with Gasteiger partial charge >= 0.3 is 6.03 Å². The van der Waals surface area contributed by atoms with Gasteiger partial charge in [-0.3, -0.25) is 9.20 Å². The lowest BCUT2D eigenvalue weighted by atomic mass is 9.96. The second-order valence-electron chi connectivity index (χ2n) is 11.7. The smallest absolute Gasteiger partial charge is 0.320 e. The summed E-state index contributed by atoms with van der Waals surface area (Å²) in [5, 5.41) is 3.97. The minimum Gasteiger partial charge on any atom is -0.375 e. The highest BCUT2D eigenvalue weighted by Gasteiger charge is 2.33. The van der Waals surface area contributed by atoms with E-state index in [4.69, 9.17) is 0 Å². The van der Waals surface area contributed by atoms with Crippen LogP contribution >= 0.6 is 0 Å². The van der Waals surface area contributed by atoms with Crippen LogP contribution in [-0.4, -0.2) is 87.3 Å². The van der Waals surface area contributed by atoms with Crippen molar-refractivity contribution in [1.29, 1.82) is 0 Å². The van der Waals surface area contributed by atoms with Gasteiger partial charge in [-0.1, -0.05) is 6.07 Å². The van der Waals surface area contributed by atoms with Gasteiger partial charge in [0, 0.05) is 62.6 Å². The summed E-state index contributed by atoms with van der Waals surface area (Å²) in [6, 6.07) is 8.83. The van der Waals surface area contributed by atoms with E-state index >= 15 is 4.39 Å². The fourth-order valence-electron chi connectivity index (χ4n) is 6.79. The molecule has 6 heterocycles. The lowest BCUT2D eigenvalue weighted by Gasteiger charge is -2.36. The van der Waals surface area contributed by atoms with Crippen LogP contribution in [0.5, 0.6) is 0 Å². The van der Waals surface area contributed by atoms with Crippen LogP contribution < -0.4 is 5.32 Å². The lowest BCUT2D eigenvalue weighted by molar-refractivity contribution is -0.112. The van der Waals surface area contributed by atoms with Gasteiger partial charge in [0.05, 0.1) is 35.2 Å². The number of urea groups is 1. The minimum atomic E-state index is -0.374. The summed E-state index contributed by atoms with van der Waals surface area (Å²) in [7, 11) is 4.18. The first-order valence-electron chi connectivity index (χ1n) is 14.3. The molecular weight excluding hydrogens is 521 g/mol. The second-order valence-corrected chi connectivity index (χ2v) is 11.7. The predicted octanol–water partition coefficient (Wildman–Crippen LogP) is 3.68. The maximum absolute atomic E-state index is 15.2. The van der Waals surface area contributed by atoms with Crippen molar-refractivity contribution in [2.45, 2.75) is 25.9 Å². The van der Waals surface area contributed by atoms with E-state index in [1.165, 1.54) is 12.1 Å². The summed E-state index contributed by atoms with van der Waals surface area (Å²) in [4.78, 5) is 37.4. The number of carbonyl (C=O) groups is 2. The monoisotopic (exact) mass is 555 g/mol. The Kier molecular flexibility index (Phi) is 6.30. The normalized spacial score (nSPS) is 18.2. The Labute approximate surface area is 237 Å². The Bertz CT molecular complexity index is 1710. The van der Waals surface area contributed by atoms with E-state index in [0.717, 1.165) is 54.9 Å². The fourth-order valence-corrected chi connectivity index (χ4v) is 6.79. The van der Waals surface area contributed by atoms with Crippen molar-refractivity contribution < 1.29 is 14.0 Å². The summed E-state index contributed by atoms with van der Waals surface area (Å²) in [6.45, 7) is 4.13. The molecule has 3 aromatic heterocycles. The average Bonchev–Trinajstić information content (AvgIpc) is 3.61. The molecule has 3 aliphatic heterocycles. The van der Waals surface area contributed by atoms with Crippen molar-refractivity contribution in [2.24, 2.45) is 5.92 Å². The molecule has 41 heavy (non-hydrogen) atoms. The number of hydrogen-bond acceptors (Lipinski definition) is 5. The van der Waals surface area contributed by atoms with E-state index in [-0.39, 0.29) is 24.2 Å². The van der Waals surface area contributed by atoms with Crippen LogP contribution in [-0.2, 0) is 17.9 Å². The minimum absolute atomic E-state index is 0.0180. The van der Waals surface area contributed by atoms with Gasteiger partial charge in [-0.2, -0.15) is 0 Å². The third-order valence-corrected chi connectivity index (χ3v) is 8.66. The molecule has 1 saturated heterocycles. The van der Waals surface area contributed by atoms with E-state index < -0.39 is 0 Å². The van der Waals surface area contributed by atoms with E-state index in [9.17, 15) is 9.59 Å². The largest absolute Gasteiger partial charge is 0.375 e. The molecule has 3 aliphatic rings. The molecule has 1 N–H and O–H groups in total. The van der Waals surface area contributed by atoms with Crippen molar-refractivity contribution in [2.75, 3.05) is 46.8 Å². The van der Waals surface area contributed by atoms with Gasteiger partial charge in [0.1, 0.15) is 11.5 Å². The highest BCUT2D eigenvalue weighted by Crippen LogP contribution is 2.38. The number of rotatable bonds is 4. The number of amides is 2. The Morgan fingerprint density at radius 3 is 2.76 bits per heavy atom. The zero-order chi connectivity index (χ0) is 28.2. The van der Waals surface area contributed by atoms with Gasteiger partial charge in [-0.25, -0.2) is 14.2 Å². The molecule has 1 aromatic carbocycles. The number of fused-ring (bicyclic) bond motifs is 1. The zero-order valence-corrected chi connectivity index (χ0v) is 23.4. The molecule has 9 nitrogen and oxygen atoms in total. The molecule has 212 valence electrons. The number of hydrogen-bond donors (Lipinski definition) is 1. The number of carbonyl (C=O) groups excluding carboxylic acids is 2. The zero-order valence-electron chi connectivity index (χ0n) is 23.4. The summed E-state index contributed by atoms with van der Waals surface area (Å²) < 4.78 is 19.2. The Morgan fingerprint density at radius 1 is 1.12 bits per heavy atom. The van der Waals surface area contributed by atoms with Crippen LogP contribution in [0, 0.1) is 11.7 Å². The molecular formula is C31H34FN7O2. The van der Waals surface area contributed by atoms with Crippen molar-refractivity contribution in [1.82, 2.24) is 34.0 Å². The van der Waals surface area contributed by atoms with Gasteiger partial charge in [-0.15, -0.1) is 0 Å². The predicted molar refractivity (Wildman–Crippen MR) is 156 cm³/mol. The van der Waals surface area contributed by atoms with Crippen LogP contribution in [0.1, 0.15) is 29.7 Å². The molecule has 1 fully saturated rings. The summed E-state index contributed by atoms with van der Waals surface area (Å²) in [5.74, 6) is 0.190. The number of piperidine rings is 1. The summed E-state index contributed by atoms with van der Waals surface area (Å²) in [5.41, 5.74) is 5.17. The van der Waals surface area contributed by atoms with E-state index in [0.29, 0.717) is 47.8 Å². The number of likely N-dealkylation sites (tertiary alicyclic amines) is 1. The number of aromatic nitrogens is 3. The topological polar surface area (TPSA) is 78.1 Å². The van der Waals surface area contributed by atoms with Gasteiger partial charge in [0.2, 0.25) is 0 Å². The first-order chi connectivity index (χ1) is 19.9. The van der Waals surface area contributed by atoms with Gasteiger partial charge in [0.15, 0.2) is 5.78 Å². The molecule has 0 atom stereocenters. The molecule has 2 amide bonds. The highest BCUT2D eigenvalue weighted by molar-refractivity contribution is 6.33. The lowest BCUT2D eigenvalue weighted by Crippen LogP contribution is -2.47. The van der Waals surface area contributed by atoms with Crippen LogP contribution in [0.25, 0.3) is 27.8 Å². The Hall–Kier alpha value is -4.18. The van der Waals surface area contributed by atoms with E-state index in [1.807, 2.05) is 44.8 Å². The van der Waals surface area contributed by atoms with Gasteiger partial charge < -0.3 is 24.6 Å². The van der Waals surface area contributed by atoms with Crippen molar-refractivity contribution in [3.8, 4) is 0 Å². The summed E-state index contributed by atoms with van der Waals surface area (Å²) >= 11 is 0. The number of benzene rings is 1. The number of Topliss-reactive ketones (excluding diaryl/α,β-unsaturated/α-hetero) is 1. The second kappa shape index (κ2) is 10.0. The SMILES string of the molecule is CN(C)CC1CCN(C(=O)N2CCn3cc(C4=C(c5cnc6ccccn56)NCC4=O)c4cc(F)cc(c43)C2)CC1. The molecule has 0 bridgehead atoms. The molecule has 0 unspecified atom stereocenters. The number of nitrogens with zero attached hydrogens (tertiary/aromatic N) is 6. The number of pyridine rings is 1. The van der Waals surface area contributed by atoms with Gasteiger partial charge in [-0.05, 0) is 62.7 Å². The maximum Gasteiger partial charge on any atom is 0.320 e. The average molecular weight is 556 g/mol. The van der Waals surface area contributed by atoms with Crippen LogP contribution in [0.3, 0.4) is 0 Å². The van der Waals surface area contributed by atoms with E-state index in [2.05, 4.69) is 33.9 Å². The quantitative estimate of drug-likeness (QED) is 0.416. The third-order valence-electron chi connectivity index (χ3n) is 8.66. The van der Waals surface area contributed by atoms with Crippen molar-refractivity contribution in [3.63, 3.8) is 0 Å². The van der Waals surface area contributed by atoms with Crippen LogP contribution in [0.15, 0.2) is 48.9 Å². The maximum atomic E-state index is 15.2. The molecule has 0 aliphatic carbocycles. The first-order valence-corrected chi connectivity index (χ1v) is 14.3. The molecule has 0 spiro atoms. The van der Waals surface area contributed by atoms with E-state index in [1.54, 1.807) is 6.20 Å². The Morgan fingerprint density at radius 2 is 1.95 bits per heavy atom. The van der Waals surface area contributed by atoms with Gasteiger partial charge in [0.25, 0.3) is 0 Å². The number of ketones is 1. The molecule has 4 aromatic rings. The third kappa shape index (κ3) is 4.46. The molecule has 0 saturated carbocycles. The summed E-state index contributed by atoms with van der Waals surface area (Å²) in [6.07, 6.45) is 7.63.